The van der Waals surface area contributed by atoms with Crippen LogP contribution >= 0.6 is 0 Å². The molecule has 2 heterocycles. The molecular weight excluding hydrogens is 378 g/mol. The summed E-state index contributed by atoms with van der Waals surface area (Å²) in [5.74, 6) is 1.30. The molecule has 2 aromatic carbocycles. The third-order valence-corrected chi connectivity index (χ3v) is 5.33. The van der Waals surface area contributed by atoms with E-state index in [1.165, 1.54) is 0 Å². The number of para-hydroxylation sites is 2. The van der Waals surface area contributed by atoms with Crippen LogP contribution in [-0.4, -0.2) is 22.6 Å². The fourth-order valence-corrected chi connectivity index (χ4v) is 3.81. The number of benzene rings is 2. The van der Waals surface area contributed by atoms with Crippen molar-refractivity contribution in [1.82, 2.24) is 15.5 Å². The molecule has 1 aliphatic heterocycles. The zero-order valence-corrected chi connectivity index (χ0v) is 16.5. The van der Waals surface area contributed by atoms with Crippen molar-refractivity contribution in [2.75, 3.05) is 12.3 Å². The first-order valence-corrected chi connectivity index (χ1v) is 10.0. The summed E-state index contributed by atoms with van der Waals surface area (Å²) in [6.07, 6.45) is 3.37. The average Bonchev–Trinajstić information content (AvgIpc) is 3.13. The lowest BCUT2D eigenvalue weighted by Gasteiger charge is -2.27. The van der Waals surface area contributed by atoms with Crippen molar-refractivity contribution in [3.63, 3.8) is 0 Å². The highest BCUT2D eigenvalue weighted by molar-refractivity contribution is 5.89. The smallest absolute Gasteiger partial charge is 0.232 e. The number of aryl methyl sites for hydroxylation is 1. The molecule has 7 heteroatoms. The summed E-state index contributed by atoms with van der Waals surface area (Å²) in [4.78, 5) is 13.0. The number of nitrogens with zero attached hydrogens (tertiary/aromatic N) is 2. The lowest BCUT2D eigenvalue weighted by molar-refractivity contribution is -0.121. The summed E-state index contributed by atoms with van der Waals surface area (Å²) in [6, 6.07) is 17.4. The first kappa shape index (κ1) is 19.5. The molecule has 152 valence electrons. The number of rotatable bonds is 7. The molecule has 0 fully saturated rings. The van der Waals surface area contributed by atoms with Gasteiger partial charge >= 0.3 is 0 Å². The average molecular weight is 401 g/mol. The van der Waals surface area contributed by atoms with Gasteiger partial charge in [0.1, 0.15) is 23.1 Å². The molecule has 1 amide bonds. The van der Waals surface area contributed by atoms with Crippen LogP contribution in [0.1, 0.15) is 47.6 Å². The second kappa shape index (κ2) is 8.70. The second-order valence-electron chi connectivity index (χ2n) is 7.29. The monoisotopic (exact) mass is 401 g/mol. The van der Waals surface area contributed by atoms with Crippen molar-refractivity contribution < 1.29 is 9.53 Å². The van der Waals surface area contributed by atoms with Gasteiger partial charge in [-0.15, -0.1) is 0 Å². The fourth-order valence-electron chi connectivity index (χ4n) is 3.81. The molecule has 1 aromatic heterocycles. The van der Waals surface area contributed by atoms with E-state index < -0.39 is 0 Å². The van der Waals surface area contributed by atoms with Gasteiger partial charge in [-0.05, 0) is 31.4 Å². The molecule has 0 unspecified atom stereocenters. The summed E-state index contributed by atoms with van der Waals surface area (Å²) in [6.45, 7) is 0.594. The van der Waals surface area contributed by atoms with Gasteiger partial charge in [-0.25, -0.2) is 0 Å². The van der Waals surface area contributed by atoms with Crippen LogP contribution in [0.2, 0.25) is 0 Å². The van der Waals surface area contributed by atoms with E-state index in [1.54, 1.807) is 0 Å². The van der Waals surface area contributed by atoms with Gasteiger partial charge in [-0.1, -0.05) is 42.8 Å². The number of aromatic amines is 1. The standard InChI is InChI=1S/C23H23N5O2/c24-14-17-18(27-28-22(17)25)10-2-1-7-13-26-23(29)21-15-8-3-5-11-19(15)30-20-12-6-4-9-16(20)21/h3-6,8-9,11-12,21H,1-2,7,10,13H2,(H,26,29)(H3,25,27,28). The molecule has 0 spiro atoms. The number of H-pyrrole nitrogens is 1. The minimum absolute atomic E-state index is 0.0219. The fraction of sp³-hybridized carbons (Fsp3) is 0.261. The molecule has 0 bridgehead atoms. The van der Waals surface area contributed by atoms with Crippen molar-refractivity contribution in [3.8, 4) is 17.6 Å². The summed E-state index contributed by atoms with van der Waals surface area (Å²) in [5, 5.41) is 18.9. The third kappa shape index (κ3) is 3.85. The maximum atomic E-state index is 13.0. The largest absolute Gasteiger partial charge is 0.457 e. The van der Waals surface area contributed by atoms with Gasteiger partial charge in [0.2, 0.25) is 5.91 Å². The van der Waals surface area contributed by atoms with Gasteiger partial charge in [0, 0.05) is 17.7 Å². The van der Waals surface area contributed by atoms with Gasteiger partial charge in [-0.3, -0.25) is 9.89 Å². The summed E-state index contributed by atoms with van der Waals surface area (Å²) in [5.41, 5.74) is 8.63. The molecule has 3 aromatic rings. The van der Waals surface area contributed by atoms with Gasteiger partial charge in [0.15, 0.2) is 5.82 Å². The number of nitriles is 1. The molecule has 0 radical (unpaired) electrons. The molecular formula is C23H23N5O2. The van der Waals surface area contributed by atoms with Crippen LogP contribution in [0.4, 0.5) is 5.82 Å². The van der Waals surface area contributed by atoms with E-state index in [1.807, 2.05) is 48.5 Å². The highest BCUT2D eigenvalue weighted by atomic mass is 16.5. The number of nitrogens with one attached hydrogen (secondary N) is 2. The minimum atomic E-state index is -0.377. The number of nitrogen functional groups attached to an aromatic ring is 1. The van der Waals surface area contributed by atoms with E-state index in [-0.39, 0.29) is 17.6 Å². The molecule has 0 saturated carbocycles. The SMILES string of the molecule is N#Cc1c(N)n[nH]c1CCCCCNC(=O)C1c2ccccc2Oc2ccccc21. The Morgan fingerprint density at radius 1 is 1.10 bits per heavy atom. The van der Waals surface area contributed by atoms with Gasteiger partial charge in [0.25, 0.3) is 0 Å². The van der Waals surface area contributed by atoms with E-state index in [9.17, 15) is 4.79 Å². The van der Waals surface area contributed by atoms with Crippen molar-refractivity contribution in [3.05, 3.63) is 70.9 Å². The maximum absolute atomic E-state index is 13.0. The van der Waals surface area contributed by atoms with Crippen molar-refractivity contribution in [2.24, 2.45) is 0 Å². The Bertz CT molecular complexity index is 1050. The van der Waals surface area contributed by atoms with Crippen LogP contribution in [0.25, 0.3) is 0 Å². The predicted molar refractivity (Wildman–Crippen MR) is 113 cm³/mol. The third-order valence-electron chi connectivity index (χ3n) is 5.33. The Morgan fingerprint density at radius 2 is 1.77 bits per heavy atom. The quantitative estimate of drug-likeness (QED) is 0.523. The number of ether oxygens (including phenoxy) is 1. The number of fused-ring (bicyclic) bond motifs is 2. The Labute approximate surface area is 174 Å². The topological polar surface area (TPSA) is 117 Å². The Kier molecular flexibility index (Phi) is 5.66. The van der Waals surface area contributed by atoms with E-state index in [0.29, 0.717) is 18.5 Å². The lowest BCUT2D eigenvalue weighted by atomic mass is 9.87. The number of unbranched alkanes of at least 4 members (excludes halogenated alkanes) is 2. The number of hydrogen-bond acceptors (Lipinski definition) is 5. The lowest BCUT2D eigenvalue weighted by Crippen LogP contribution is -2.32. The number of anilines is 1. The highest BCUT2D eigenvalue weighted by Gasteiger charge is 2.32. The zero-order valence-electron chi connectivity index (χ0n) is 16.5. The molecule has 4 rings (SSSR count). The number of carbonyl (C=O) groups excluding carboxylic acids is 1. The first-order valence-electron chi connectivity index (χ1n) is 10.0. The van der Waals surface area contributed by atoms with Crippen molar-refractivity contribution >= 4 is 11.7 Å². The van der Waals surface area contributed by atoms with Crippen molar-refractivity contribution in [1.29, 1.82) is 5.26 Å². The molecule has 7 nitrogen and oxygen atoms in total. The summed E-state index contributed by atoms with van der Waals surface area (Å²) in [7, 11) is 0. The molecule has 1 aliphatic rings. The molecule has 0 saturated heterocycles. The molecule has 30 heavy (non-hydrogen) atoms. The van der Waals surface area contributed by atoms with E-state index in [4.69, 9.17) is 15.7 Å². The van der Waals surface area contributed by atoms with E-state index >= 15 is 0 Å². The number of amides is 1. The van der Waals surface area contributed by atoms with Crippen molar-refractivity contribution in [2.45, 2.75) is 31.6 Å². The first-order chi connectivity index (χ1) is 14.7. The number of carbonyl (C=O) groups is 1. The van der Waals surface area contributed by atoms with Gasteiger partial charge in [0.05, 0.1) is 11.6 Å². The number of aromatic nitrogens is 2. The Balaban J connectivity index is 1.32. The highest BCUT2D eigenvalue weighted by Crippen LogP contribution is 2.43. The number of nitrogens with two attached hydrogens (primary N) is 1. The van der Waals surface area contributed by atoms with E-state index in [2.05, 4.69) is 21.6 Å². The van der Waals surface area contributed by atoms with Crippen LogP contribution in [0.15, 0.2) is 48.5 Å². The van der Waals surface area contributed by atoms with Gasteiger partial charge < -0.3 is 15.8 Å². The summed E-state index contributed by atoms with van der Waals surface area (Å²) >= 11 is 0. The normalized spacial score (nSPS) is 12.4. The molecule has 0 aliphatic carbocycles. The van der Waals surface area contributed by atoms with E-state index in [0.717, 1.165) is 47.6 Å². The van der Waals surface area contributed by atoms with Crippen LogP contribution in [0, 0.1) is 11.3 Å². The van der Waals surface area contributed by atoms with Crippen LogP contribution in [-0.2, 0) is 11.2 Å². The predicted octanol–water partition coefficient (Wildman–Crippen LogP) is 3.63. The molecule has 0 atom stereocenters. The van der Waals surface area contributed by atoms with Gasteiger partial charge in [-0.2, -0.15) is 10.4 Å². The summed E-state index contributed by atoms with van der Waals surface area (Å²) < 4.78 is 5.96. The zero-order chi connectivity index (χ0) is 20.9. The maximum Gasteiger partial charge on any atom is 0.232 e. The Hall–Kier alpha value is -3.79. The van der Waals surface area contributed by atoms with Crippen LogP contribution in [0.5, 0.6) is 11.5 Å². The molecule has 4 N–H and O–H groups in total. The Morgan fingerprint density at radius 3 is 2.43 bits per heavy atom. The van der Waals surface area contributed by atoms with Crippen LogP contribution in [0.3, 0.4) is 0 Å². The number of hydrogen-bond donors (Lipinski definition) is 3. The van der Waals surface area contributed by atoms with Crippen LogP contribution < -0.4 is 15.8 Å². The second-order valence-corrected chi connectivity index (χ2v) is 7.29. The minimum Gasteiger partial charge on any atom is -0.457 e.